The summed E-state index contributed by atoms with van der Waals surface area (Å²) in [6, 6.07) is 11.4. The van der Waals surface area contributed by atoms with Gasteiger partial charge in [-0.25, -0.2) is 4.79 Å². The fourth-order valence-corrected chi connectivity index (χ4v) is 3.06. The number of alkyl halides is 6. The van der Waals surface area contributed by atoms with Crippen LogP contribution in [0.4, 0.5) is 42.5 Å². The Balaban J connectivity index is 1.81. The summed E-state index contributed by atoms with van der Waals surface area (Å²) in [6.07, 6.45) is -9.03. The van der Waals surface area contributed by atoms with Crippen LogP contribution in [0, 0.1) is 0 Å². The number of hydrogen-bond donors (Lipinski definition) is 2. The van der Waals surface area contributed by atoms with Crippen LogP contribution in [0.5, 0.6) is 0 Å². The largest absolute Gasteiger partial charge is 0.416 e. The van der Waals surface area contributed by atoms with Crippen molar-refractivity contribution in [2.24, 2.45) is 0 Å². The van der Waals surface area contributed by atoms with Crippen molar-refractivity contribution in [2.45, 2.75) is 18.5 Å². The van der Waals surface area contributed by atoms with Crippen molar-refractivity contribution in [1.82, 2.24) is 4.98 Å². The van der Waals surface area contributed by atoms with Gasteiger partial charge in [-0.2, -0.15) is 26.3 Å². The van der Waals surface area contributed by atoms with E-state index in [4.69, 9.17) is 4.74 Å². The van der Waals surface area contributed by atoms with E-state index < -0.39 is 41.3 Å². The minimum absolute atomic E-state index is 0.0188. The number of pyridine rings is 1. The third kappa shape index (κ3) is 6.22. The number of aromatic nitrogens is 1. The first-order valence-corrected chi connectivity index (χ1v) is 9.38. The summed E-state index contributed by atoms with van der Waals surface area (Å²) in [4.78, 5) is 16.5. The molecule has 2 amide bonds. The van der Waals surface area contributed by atoms with Gasteiger partial charge in [0, 0.05) is 24.7 Å². The Morgan fingerprint density at radius 1 is 0.848 bits per heavy atom. The molecule has 33 heavy (non-hydrogen) atoms. The van der Waals surface area contributed by atoms with Crippen LogP contribution in [0.1, 0.15) is 28.5 Å². The summed E-state index contributed by atoms with van der Waals surface area (Å²) in [5, 5.41) is 4.41. The minimum Gasteiger partial charge on any atom is -0.370 e. The zero-order valence-corrected chi connectivity index (χ0v) is 17.0. The molecule has 1 unspecified atom stereocenters. The molecule has 0 aliphatic carbocycles. The van der Waals surface area contributed by atoms with Crippen LogP contribution in [0.25, 0.3) is 0 Å². The summed E-state index contributed by atoms with van der Waals surface area (Å²) in [5.41, 5.74) is -2.27. The zero-order valence-electron chi connectivity index (χ0n) is 17.0. The molecule has 5 nitrogen and oxygen atoms in total. The van der Waals surface area contributed by atoms with Crippen LogP contribution in [0.3, 0.4) is 0 Å². The standard InChI is InChI=1S/C22H17F6N3O2/c1-33-19(18-7-2-3-8-29-18)13-5-4-6-16(9-13)30-20(32)31-17-11-14(21(23,24)25)10-15(12-17)22(26,27)28/h2-12,19H,1H3,(H2,30,31,32). The van der Waals surface area contributed by atoms with Crippen LogP contribution in [0.2, 0.25) is 0 Å². The highest BCUT2D eigenvalue weighted by Crippen LogP contribution is 2.37. The van der Waals surface area contributed by atoms with Gasteiger partial charge >= 0.3 is 18.4 Å². The highest BCUT2D eigenvalue weighted by Gasteiger charge is 2.37. The minimum atomic E-state index is -5.02. The second kappa shape index (κ2) is 9.49. The highest BCUT2D eigenvalue weighted by molar-refractivity contribution is 5.99. The lowest BCUT2D eigenvalue weighted by atomic mass is 10.1. The van der Waals surface area contributed by atoms with Gasteiger partial charge in [0.25, 0.3) is 0 Å². The molecule has 0 aliphatic heterocycles. The molecular formula is C22H17F6N3O2. The van der Waals surface area contributed by atoms with Gasteiger partial charge in [0.15, 0.2) is 0 Å². The number of hydrogen-bond acceptors (Lipinski definition) is 3. The maximum atomic E-state index is 13.0. The molecule has 0 spiro atoms. The number of methoxy groups -OCH3 is 1. The van der Waals surface area contributed by atoms with Crippen LogP contribution in [-0.4, -0.2) is 18.1 Å². The second-order valence-corrected chi connectivity index (χ2v) is 6.87. The lowest BCUT2D eigenvalue weighted by Crippen LogP contribution is -2.21. The smallest absolute Gasteiger partial charge is 0.370 e. The van der Waals surface area contributed by atoms with Crippen molar-refractivity contribution < 1.29 is 35.9 Å². The number of amides is 2. The zero-order chi connectivity index (χ0) is 24.2. The molecule has 0 saturated carbocycles. The fraction of sp³-hybridized carbons (Fsp3) is 0.182. The highest BCUT2D eigenvalue weighted by atomic mass is 19.4. The number of anilines is 2. The molecule has 0 saturated heterocycles. The van der Waals surface area contributed by atoms with E-state index in [-0.39, 0.29) is 11.8 Å². The monoisotopic (exact) mass is 469 g/mol. The molecule has 174 valence electrons. The molecule has 1 heterocycles. The summed E-state index contributed by atoms with van der Waals surface area (Å²) in [5.74, 6) is 0. The Hall–Kier alpha value is -3.60. The first-order valence-electron chi connectivity index (χ1n) is 9.38. The molecule has 2 aromatic carbocycles. The van der Waals surface area contributed by atoms with Gasteiger partial charge in [0.2, 0.25) is 0 Å². The van der Waals surface area contributed by atoms with Crippen LogP contribution >= 0.6 is 0 Å². The summed E-state index contributed by atoms with van der Waals surface area (Å²) in [6.45, 7) is 0. The van der Waals surface area contributed by atoms with Crippen molar-refractivity contribution in [1.29, 1.82) is 0 Å². The average Bonchev–Trinajstić information content (AvgIpc) is 2.74. The lowest BCUT2D eigenvalue weighted by Gasteiger charge is -2.17. The number of urea groups is 1. The van der Waals surface area contributed by atoms with Crippen molar-refractivity contribution >= 4 is 17.4 Å². The fourth-order valence-electron chi connectivity index (χ4n) is 3.06. The molecule has 3 rings (SSSR count). The number of nitrogens with one attached hydrogen (secondary N) is 2. The number of carbonyl (C=O) groups excluding carboxylic acids is 1. The van der Waals surface area contributed by atoms with Gasteiger partial charge in [-0.05, 0) is 48.0 Å². The Labute approximate surface area is 184 Å². The number of carbonyl (C=O) groups is 1. The Kier molecular flexibility index (Phi) is 6.92. The Morgan fingerprint density at radius 2 is 1.48 bits per heavy atom. The topological polar surface area (TPSA) is 63.2 Å². The normalized spacial score (nSPS) is 12.8. The van der Waals surface area contributed by atoms with Gasteiger partial charge in [-0.15, -0.1) is 0 Å². The molecule has 0 radical (unpaired) electrons. The Morgan fingerprint density at radius 3 is 2.03 bits per heavy atom. The molecule has 11 heteroatoms. The molecule has 3 aromatic rings. The third-order valence-corrected chi connectivity index (χ3v) is 4.48. The van der Waals surface area contributed by atoms with Crippen LogP contribution in [0.15, 0.2) is 66.9 Å². The van der Waals surface area contributed by atoms with E-state index in [9.17, 15) is 31.1 Å². The number of ether oxygens (including phenoxy) is 1. The van der Waals surface area contributed by atoms with Gasteiger partial charge in [-0.1, -0.05) is 18.2 Å². The van der Waals surface area contributed by atoms with E-state index >= 15 is 0 Å². The predicted octanol–water partition coefficient (Wildman–Crippen LogP) is 6.50. The number of nitrogens with zero attached hydrogens (tertiary/aromatic N) is 1. The number of rotatable bonds is 5. The first-order chi connectivity index (χ1) is 15.5. The van der Waals surface area contributed by atoms with E-state index in [1.807, 2.05) is 5.32 Å². The molecule has 1 atom stereocenters. The molecule has 0 bridgehead atoms. The predicted molar refractivity (Wildman–Crippen MR) is 109 cm³/mol. The van der Waals surface area contributed by atoms with Gasteiger partial charge in [0.1, 0.15) is 6.10 Å². The van der Waals surface area contributed by atoms with Crippen molar-refractivity contribution in [2.75, 3.05) is 17.7 Å². The van der Waals surface area contributed by atoms with E-state index in [1.165, 1.54) is 13.2 Å². The van der Waals surface area contributed by atoms with Gasteiger partial charge in [-0.3, -0.25) is 4.98 Å². The molecule has 1 aromatic heterocycles. The van der Waals surface area contributed by atoms with E-state index in [1.54, 1.807) is 42.6 Å². The third-order valence-electron chi connectivity index (χ3n) is 4.48. The van der Waals surface area contributed by atoms with Gasteiger partial charge < -0.3 is 15.4 Å². The number of halogens is 6. The lowest BCUT2D eigenvalue weighted by molar-refractivity contribution is -0.143. The SMILES string of the molecule is COC(c1cccc(NC(=O)Nc2cc(C(F)(F)F)cc(C(F)(F)F)c2)c1)c1ccccn1. The van der Waals surface area contributed by atoms with Gasteiger partial charge in [0.05, 0.1) is 16.8 Å². The van der Waals surface area contributed by atoms with E-state index in [0.717, 1.165) is 0 Å². The van der Waals surface area contributed by atoms with Crippen molar-refractivity contribution in [3.05, 3.63) is 89.2 Å². The molecule has 2 N–H and O–H groups in total. The molecular weight excluding hydrogens is 452 g/mol. The number of benzene rings is 2. The van der Waals surface area contributed by atoms with Crippen LogP contribution in [-0.2, 0) is 17.1 Å². The van der Waals surface area contributed by atoms with Crippen molar-refractivity contribution in [3.8, 4) is 0 Å². The molecule has 0 fully saturated rings. The molecule has 0 aliphatic rings. The van der Waals surface area contributed by atoms with Crippen LogP contribution < -0.4 is 10.6 Å². The Bertz CT molecular complexity index is 1080. The average molecular weight is 469 g/mol. The van der Waals surface area contributed by atoms with E-state index in [0.29, 0.717) is 23.4 Å². The summed E-state index contributed by atoms with van der Waals surface area (Å²) in [7, 11) is 1.47. The quantitative estimate of drug-likeness (QED) is 0.420. The van der Waals surface area contributed by atoms with Crippen molar-refractivity contribution in [3.63, 3.8) is 0 Å². The summed E-state index contributed by atoms with van der Waals surface area (Å²) >= 11 is 0. The maximum absolute atomic E-state index is 13.0. The maximum Gasteiger partial charge on any atom is 0.416 e. The first kappa shape index (κ1) is 24.1. The summed E-state index contributed by atoms with van der Waals surface area (Å²) < 4.78 is 83.5. The second-order valence-electron chi connectivity index (χ2n) is 6.87. The van der Waals surface area contributed by atoms with E-state index in [2.05, 4.69) is 10.3 Å².